The van der Waals surface area contributed by atoms with E-state index in [1.807, 2.05) is 11.6 Å². The van der Waals surface area contributed by atoms with Crippen molar-refractivity contribution in [1.82, 2.24) is 29.5 Å². The molecule has 0 aliphatic carbocycles. The Bertz CT molecular complexity index is 695. The molecule has 2 aliphatic heterocycles. The highest BCUT2D eigenvalue weighted by molar-refractivity contribution is 7.09. The van der Waals surface area contributed by atoms with Gasteiger partial charge in [-0.2, -0.15) is 0 Å². The Morgan fingerprint density at radius 2 is 1.96 bits per heavy atom. The molecule has 2 aromatic rings. The first-order valence-corrected chi connectivity index (χ1v) is 10.5. The van der Waals surface area contributed by atoms with E-state index in [0.29, 0.717) is 5.92 Å². The molecule has 8 heteroatoms. The number of aliphatic hydroxyl groups is 1. The lowest BCUT2D eigenvalue weighted by atomic mass is 9.97. The minimum atomic E-state index is -0.132. The van der Waals surface area contributed by atoms with Crippen molar-refractivity contribution in [3.63, 3.8) is 0 Å². The van der Waals surface area contributed by atoms with E-state index in [4.69, 9.17) is 0 Å². The lowest BCUT2D eigenvalue weighted by Gasteiger charge is -2.31. The fourth-order valence-corrected chi connectivity index (χ4v) is 4.74. The van der Waals surface area contributed by atoms with Crippen LogP contribution in [0.15, 0.2) is 11.6 Å². The second-order valence-corrected chi connectivity index (χ2v) is 8.52. The van der Waals surface area contributed by atoms with E-state index in [9.17, 15) is 5.11 Å². The highest BCUT2D eigenvalue weighted by Crippen LogP contribution is 2.27. The Balaban J connectivity index is 1.38. The monoisotopic (exact) mass is 376 g/mol. The van der Waals surface area contributed by atoms with Crippen LogP contribution >= 0.6 is 11.3 Å². The van der Waals surface area contributed by atoms with Crippen molar-refractivity contribution in [2.75, 3.05) is 26.2 Å². The molecule has 0 bridgehead atoms. The van der Waals surface area contributed by atoms with Gasteiger partial charge in [-0.15, -0.1) is 21.5 Å². The Kier molecular flexibility index (Phi) is 5.63. The number of nitrogens with zero attached hydrogens (tertiary/aromatic N) is 6. The number of rotatable bonds is 5. The van der Waals surface area contributed by atoms with E-state index >= 15 is 0 Å². The molecule has 0 spiro atoms. The molecule has 142 valence electrons. The number of aliphatic hydroxyl groups excluding tert-OH is 1. The summed E-state index contributed by atoms with van der Waals surface area (Å²) in [6, 6.07) is 0. The van der Waals surface area contributed by atoms with Gasteiger partial charge >= 0.3 is 0 Å². The molecule has 0 saturated carbocycles. The summed E-state index contributed by atoms with van der Waals surface area (Å²) in [5.41, 5.74) is 0. The summed E-state index contributed by atoms with van der Waals surface area (Å²) in [6.07, 6.45) is 5.85. The van der Waals surface area contributed by atoms with Crippen molar-refractivity contribution in [3.05, 3.63) is 28.2 Å². The standard InChI is InChI=1S/C18H28N6OS/c1-22-16(12-23-8-4-15(25)5-9-23)20-21-18(22)14-3-2-7-24(11-14)13-17-19-6-10-26-17/h6,10,14-15,25H,2-5,7-9,11-13H2,1H3/t14-/m1/s1. The van der Waals surface area contributed by atoms with Gasteiger partial charge in [0.15, 0.2) is 0 Å². The van der Waals surface area contributed by atoms with Gasteiger partial charge in [0.1, 0.15) is 16.7 Å². The molecule has 4 heterocycles. The lowest BCUT2D eigenvalue weighted by molar-refractivity contribution is 0.0775. The average Bonchev–Trinajstić information content (AvgIpc) is 3.28. The van der Waals surface area contributed by atoms with Gasteiger partial charge in [-0.05, 0) is 32.2 Å². The van der Waals surface area contributed by atoms with Gasteiger partial charge in [0.25, 0.3) is 0 Å². The van der Waals surface area contributed by atoms with Crippen LogP contribution < -0.4 is 0 Å². The molecule has 7 nitrogen and oxygen atoms in total. The third-order valence-corrected chi connectivity index (χ3v) is 6.40. The zero-order chi connectivity index (χ0) is 17.9. The van der Waals surface area contributed by atoms with E-state index in [0.717, 1.165) is 63.8 Å². The van der Waals surface area contributed by atoms with Crippen LogP contribution in [0.5, 0.6) is 0 Å². The van der Waals surface area contributed by atoms with E-state index in [-0.39, 0.29) is 6.10 Å². The summed E-state index contributed by atoms with van der Waals surface area (Å²) in [4.78, 5) is 9.29. The summed E-state index contributed by atoms with van der Waals surface area (Å²) < 4.78 is 2.20. The summed E-state index contributed by atoms with van der Waals surface area (Å²) in [5.74, 6) is 2.59. The Morgan fingerprint density at radius 1 is 1.12 bits per heavy atom. The fourth-order valence-electron chi connectivity index (χ4n) is 4.08. The smallest absolute Gasteiger partial charge is 0.146 e. The molecule has 2 saturated heterocycles. The molecule has 4 rings (SSSR count). The summed E-state index contributed by atoms with van der Waals surface area (Å²) in [6.45, 7) is 5.81. The zero-order valence-corrected chi connectivity index (χ0v) is 16.2. The van der Waals surface area contributed by atoms with E-state index in [1.54, 1.807) is 11.3 Å². The molecule has 2 aromatic heterocycles. The maximum Gasteiger partial charge on any atom is 0.146 e. The highest BCUT2D eigenvalue weighted by Gasteiger charge is 2.27. The normalized spacial score (nSPS) is 23.5. The van der Waals surface area contributed by atoms with E-state index < -0.39 is 0 Å². The number of thiazole rings is 1. The third-order valence-electron chi connectivity index (χ3n) is 5.63. The molecular weight excluding hydrogens is 348 g/mol. The molecule has 0 radical (unpaired) electrons. The van der Waals surface area contributed by atoms with Crippen LogP contribution in [0.4, 0.5) is 0 Å². The van der Waals surface area contributed by atoms with Crippen LogP contribution in [0.25, 0.3) is 0 Å². The Morgan fingerprint density at radius 3 is 2.73 bits per heavy atom. The summed E-state index contributed by atoms with van der Waals surface area (Å²) in [5, 5.41) is 21.9. The topological polar surface area (TPSA) is 70.3 Å². The van der Waals surface area contributed by atoms with Crippen LogP contribution in [-0.4, -0.2) is 66.9 Å². The van der Waals surface area contributed by atoms with Crippen LogP contribution in [0.1, 0.15) is 48.3 Å². The molecule has 0 aromatic carbocycles. The quantitative estimate of drug-likeness (QED) is 0.855. The average molecular weight is 377 g/mol. The van der Waals surface area contributed by atoms with Crippen molar-refractivity contribution >= 4 is 11.3 Å². The highest BCUT2D eigenvalue weighted by atomic mass is 32.1. The second-order valence-electron chi connectivity index (χ2n) is 7.54. The second kappa shape index (κ2) is 8.12. The van der Waals surface area contributed by atoms with Gasteiger partial charge in [-0.3, -0.25) is 9.80 Å². The molecule has 2 fully saturated rings. The van der Waals surface area contributed by atoms with Crippen LogP contribution in [-0.2, 0) is 20.1 Å². The number of hydrogen-bond acceptors (Lipinski definition) is 7. The molecule has 1 atom stereocenters. The number of piperidine rings is 2. The minimum absolute atomic E-state index is 0.132. The first kappa shape index (κ1) is 18.0. The van der Waals surface area contributed by atoms with Gasteiger partial charge in [0.05, 0.1) is 19.2 Å². The van der Waals surface area contributed by atoms with Gasteiger partial charge < -0.3 is 9.67 Å². The first-order chi connectivity index (χ1) is 12.7. The van der Waals surface area contributed by atoms with Crippen molar-refractivity contribution in [1.29, 1.82) is 0 Å². The molecule has 0 unspecified atom stereocenters. The molecular formula is C18H28N6OS. The van der Waals surface area contributed by atoms with Crippen molar-refractivity contribution in [2.45, 2.75) is 50.8 Å². The molecule has 1 N–H and O–H groups in total. The van der Waals surface area contributed by atoms with Gasteiger partial charge in [-0.25, -0.2) is 4.98 Å². The molecule has 2 aliphatic rings. The van der Waals surface area contributed by atoms with Gasteiger partial charge in [-0.1, -0.05) is 0 Å². The van der Waals surface area contributed by atoms with E-state index in [1.165, 1.54) is 17.8 Å². The lowest BCUT2D eigenvalue weighted by Crippen LogP contribution is -2.36. The van der Waals surface area contributed by atoms with Crippen molar-refractivity contribution in [2.24, 2.45) is 7.05 Å². The Hall–Kier alpha value is -1.35. The van der Waals surface area contributed by atoms with Crippen molar-refractivity contribution in [3.8, 4) is 0 Å². The number of likely N-dealkylation sites (tertiary alicyclic amines) is 2. The van der Waals surface area contributed by atoms with Crippen LogP contribution in [0.3, 0.4) is 0 Å². The number of aromatic nitrogens is 4. The van der Waals surface area contributed by atoms with Crippen LogP contribution in [0, 0.1) is 0 Å². The van der Waals surface area contributed by atoms with Gasteiger partial charge in [0.2, 0.25) is 0 Å². The van der Waals surface area contributed by atoms with Crippen molar-refractivity contribution < 1.29 is 5.11 Å². The maximum atomic E-state index is 9.67. The predicted octanol–water partition coefficient (Wildman–Crippen LogP) is 1.61. The maximum absolute atomic E-state index is 9.67. The van der Waals surface area contributed by atoms with E-state index in [2.05, 4.69) is 36.6 Å². The number of hydrogen-bond donors (Lipinski definition) is 1. The first-order valence-electron chi connectivity index (χ1n) is 9.58. The fraction of sp³-hybridized carbons (Fsp3) is 0.722. The summed E-state index contributed by atoms with van der Waals surface area (Å²) >= 11 is 1.73. The minimum Gasteiger partial charge on any atom is -0.393 e. The molecule has 0 amide bonds. The zero-order valence-electron chi connectivity index (χ0n) is 15.4. The Labute approximate surface area is 158 Å². The third kappa shape index (κ3) is 4.14. The van der Waals surface area contributed by atoms with Gasteiger partial charge in [0, 0.05) is 44.2 Å². The van der Waals surface area contributed by atoms with Crippen LogP contribution in [0.2, 0.25) is 0 Å². The predicted molar refractivity (Wildman–Crippen MR) is 101 cm³/mol. The SMILES string of the molecule is Cn1c(CN2CCC(O)CC2)nnc1[C@@H]1CCCN(Cc2nccs2)C1. The molecule has 26 heavy (non-hydrogen) atoms. The summed E-state index contributed by atoms with van der Waals surface area (Å²) in [7, 11) is 2.10. The largest absolute Gasteiger partial charge is 0.393 e.